The Morgan fingerprint density at radius 3 is 2.04 bits per heavy atom. The number of benzene rings is 8. The molecule has 11 aromatic rings. The molecule has 1 aliphatic carbocycles. The van der Waals surface area contributed by atoms with Gasteiger partial charge in [0.05, 0.1) is 27.9 Å². The van der Waals surface area contributed by atoms with Gasteiger partial charge in [-0.25, -0.2) is 9.97 Å². The van der Waals surface area contributed by atoms with Crippen LogP contribution < -0.4 is 0 Å². The molecule has 12 rings (SSSR count). The largest absolute Gasteiger partial charge is 0.454 e. The van der Waals surface area contributed by atoms with Gasteiger partial charge in [-0.2, -0.15) is 0 Å². The number of furan rings is 1. The Morgan fingerprint density at radius 2 is 1.16 bits per heavy atom. The normalized spacial score (nSPS) is 13.2. The van der Waals surface area contributed by atoms with Crippen LogP contribution in [0.15, 0.2) is 180 Å². The molecule has 1 aliphatic rings. The summed E-state index contributed by atoms with van der Waals surface area (Å²) >= 11 is 0. The summed E-state index contributed by atoms with van der Waals surface area (Å²) in [6.45, 7) is 4.69. The highest BCUT2D eigenvalue weighted by atomic mass is 16.3. The van der Waals surface area contributed by atoms with Gasteiger partial charge in [-0.05, 0) is 63.7 Å². The summed E-state index contributed by atoms with van der Waals surface area (Å²) in [5.41, 5.74) is 16.4. The third-order valence-electron chi connectivity index (χ3n) is 12.2. The smallest absolute Gasteiger partial charge is 0.161 e. The van der Waals surface area contributed by atoms with E-state index in [0.717, 1.165) is 66.4 Å². The lowest BCUT2D eigenvalue weighted by Gasteiger charge is -2.21. The van der Waals surface area contributed by atoms with Gasteiger partial charge >= 0.3 is 0 Å². The zero-order valence-electron chi connectivity index (χ0n) is 31.5. The second-order valence-electron chi connectivity index (χ2n) is 15.7. The van der Waals surface area contributed by atoms with Gasteiger partial charge in [-0.1, -0.05) is 159 Å². The Bertz CT molecular complexity index is 3420. The lowest BCUT2D eigenvalue weighted by Crippen LogP contribution is -2.14. The number of hydrogen-bond acceptors (Lipinski definition) is 3. The van der Waals surface area contributed by atoms with Gasteiger partial charge in [0.2, 0.25) is 0 Å². The average molecular weight is 730 g/mol. The minimum Gasteiger partial charge on any atom is -0.454 e. The topological polar surface area (TPSA) is 43.9 Å². The predicted molar refractivity (Wildman–Crippen MR) is 235 cm³/mol. The number of para-hydroxylation sites is 3. The van der Waals surface area contributed by atoms with Crippen LogP contribution in [0.2, 0.25) is 0 Å². The van der Waals surface area contributed by atoms with Gasteiger partial charge in [-0.15, -0.1) is 0 Å². The van der Waals surface area contributed by atoms with Crippen molar-refractivity contribution in [3.8, 4) is 50.6 Å². The summed E-state index contributed by atoms with van der Waals surface area (Å²) in [4.78, 5) is 10.5. The minimum absolute atomic E-state index is 0.0885. The van der Waals surface area contributed by atoms with Crippen LogP contribution in [-0.2, 0) is 5.41 Å². The maximum absolute atomic E-state index is 6.93. The van der Waals surface area contributed by atoms with Crippen molar-refractivity contribution in [1.29, 1.82) is 0 Å². The molecule has 3 aromatic heterocycles. The van der Waals surface area contributed by atoms with E-state index in [9.17, 15) is 0 Å². The zero-order valence-corrected chi connectivity index (χ0v) is 31.5. The van der Waals surface area contributed by atoms with Gasteiger partial charge < -0.3 is 8.98 Å². The molecule has 0 spiro atoms. The van der Waals surface area contributed by atoms with Crippen molar-refractivity contribution in [2.45, 2.75) is 19.3 Å². The van der Waals surface area contributed by atoms with Crippen LogP contribution in [0.1, 0.15) is 25.0 Å². The average Bonchev–Trinajstić information content (AvgIpc) is 3.89. The quantitative estimate of drug-likeness (QED) is 0.181. The number of rotatable bonds is 4. The Labute approximate surface area is 329 Å². The van der Waals surface area contributed by atoms with Crippen molar-refractivity contribution in [1.82, 2.24) is 14.5 Å². The van der Waals surface area contributed by atoms with E-state index in [0.29, 0.717) is 5.82 Å². The second-order valence-corrected chi connectivity index (χ2v) is 15.7. The Balaban J connectivity index is 1.08. The van der Waals surface area contributed by atoms with Crippen molar-refractivity contribution in [3.05, 3.63) is 187 Å². The second kappa shape index (κ2) is 11.8. The molecule has 0 N–H and O–H groups in total. The molecule has 0 saturated heterocycles. The summed E-state index contributed by atoms with van der Waals surface area (Å²) in [5.74, 6) is 0.670. The van der Waals surface area contributed by atoms with Crippen LogP contribution in [0.5, 0.6) is 0 Å². The lowest BCUT2D eigenvalue weighted by molar-refractivity contribution is 0.660. The van der Waals surface area contributed by atoms with Crippen LogP contribution >= 0.6 is 0 Å². The van der Waals surface area contributed by atoms with E-state index in [1.54, 1.807) is 0 Å². The molecule has 0 fully saturated rings. The molecule has 8 aromatic carbocycles. The standard InChI is InChI=1S/C53H35N3O/c1-53(2)40-21-9-6-16-35(40)48-41(53)30-31-44-49(48)37-18-8-11-23-43(37)56(44)45-24-12-19-38-47-39(20-13-25-46(47)57-51(38)45)52-54-42-22-10-7-17-36(42)50(55-52)34-28-26-33(27-29-34)32-14-4-3-5-15-32/h3-31H,1-2H3. The number of fused-ring (bicyclic) bond motifs is 11. The van der Waals surface area contributed by atoms with Crippen LogP contribution in [-0.4, -0.2) is 14.5 Å². The fraction of sp³-hybridized carbons (Fsp3) is 0.0566. The van der Waals surface area contributed by atoms with E-state index >= 15 is 0 Å². The summed E-state index contributed by atoms with van der Waals surface area (Å²) < 4.78 is 9.33. The number of aromatic nitrogens is 3. The fourth-order valence-electron chi connectivity index (χ4n) is 9.58. The molecule has 4 heteroatoms. The fourth-order valence-corrected chi connectivity index (χ4v) is 9.58. The van der Waals surface area contributed by atoms with Crippen LogP contribution in [0.3, 0.4) is 0 Å². The van der Waals surface area contributed by atoms with E-state index in [2.05, 4.69) is 182 Å². The summed E-state index contributed by atoms with van der Waals surface area (Å²) in [5, 5.41) is 5.57. The molecule has 0 aliphatic heterocycles. The molecule has 0 atom stereocenters. The highest BCUT2D eigenvalue weighted by Gasteiger charge is 2.37. The van der Waals surface area contributed by atoms with Gasteiger partial charge in [0.25, 0.3) is 0 Å². The number of hydrogen-bond donors (Lipinski definition) is 0. The van der Waals surface area contributed by atoms with Crippen molar-refractivity contribution < 1.29 is 4.42 Å². The molecule has 4 nitrogen and oxygen atoms in total. The SMILES string of the molecule is CC1(C)c2ccccc2-c2c1ccc1c2c2ccccc2n1-c1cccc2c1oc1cccc(-c3nc(-c4ccc(-c5ccccc5)cc4)c4ccccc4n3)c12. The third kappa shape index (κ3) is 4.55. The van der Waals surface area contributed by atoms with E-state index < -0.39 is 0 Å². The molecule has 0 radical (unpaired) electrons. The van der Waals surface area contributed by atoms with E-state index in [4.69, 9.17) is 14.4 Å². The van der Waals surface area contributed by atoms with Crippen molar-refractivity contribution in [2.75, 3.05) is 0 Å². The monoisotopic (exact) mass is 729 g/mol. The Morgan fingerprint density at radius 1 is 0.474 bits per heavy atom. The van der Waals surface area contributed by atoms with Crippen LogP contribution in [0.25, 0.3) is 105 Å². The summed E-state index contributed by atoms with van der Waals surface area (Å²) in [6, 6.07) is 62.5. The van der Waals surface area contributed by atoms with E-state index in [-0.39, 0.29) is 5.41 Å². The molecule has 0 unspecified atom stereocenters. The maximum Gasteiger partial charge on any atom is 0.161 e. The highest BCUT2D eigenvalue weighted by Crippen LogP contribution is 2.53. The predicted octanol–water partition coefficient (Wildman–Crippen LogP) is 13.9. The molecule has 0 bridgehead atoms. The van der Waals surface area contributed by atoms with E-state index in [1.807, 2.05) is 12.1 Å². The molecule has 0 amide bonds. The Kier molecular flexibility index (Phi) is 6.65. The van der Waals surface area contributed by atoms with Gasteiger partial charge in [0.15, 0.2) is 11.4 Å². The molecule has 57 heavy (non-hydrogen) atoms. The first kappa shape index (κ1) is 32.0. The zero-order chi connectivity index (χ0) is 37.8. The first-order valence-electron chi connectivity index (χ1n) is 19.6. The Hall–Kier alpha value is -7.30. The molecule has 3 heterocycles. The third-order valence-corrected chi connectivity index (χ3v) is 12.2. The van der Waals surface area contributed by atoms with Gasteiger partial charge in [0.1, 0.15) is 5.58 Å². The lowest BCUT2D eigenvalue weighted by atomic mass is 9.82. The van der Waals surface area contributed by atoms with E-state index in [1.165, 1.54) is 44.2 Å². The highest BCUT2D eigenvalue weighted by molar-refractivity contribution is 6.20. The summed E-state index contributed by atoms with van der Waals surface area (Å²) in [6.07, 6.45) is 0. The maximum atomic E-state index is 6.93. The van der Waals surface area contributed by atoms with Crippen molar-refractivity contribution in [3.63, 3.8) is 0 Å². The molecule has 268 valence electrons. The van der Waals surface area contributed by atoms with Crippen molar-refractivity contribution >= 4 is 54.6 Å². The molecular weight excluding hydrogens is 695 g/mol. The first-order chi connectivity index (χ1) is 28.0. The van der Waals surface area contributed by atoms with Crippen molar-refractivity contribution in [2.24, 2.45) is 0 Å². The molecular formula is C53H35N3O. The summed E-state index contributed by atoms with van der Waals surface area (Å²) in [7, 11) is 0. The van der Waals surface area contributed by atoms with Gasteiger partial charge in [-0.3, -0.25) is 0 Å². The number of nitrogens with zero attached hydrogens (tertiary/aromatic N) is 3. The minimum atomic E-state index is -0.0885. The van der Waals surface area contributed by atoms with Gasteiger partial charge in [0, 0.05) is 43.5 Å². The first-order valence-corrected chi connectivity index (χ1v) is 19.6. The van der Waals surface area contributed by atoms with Crippen LogP contribution in [0.4, 0.5) is 0 Å². The molecule has 0 saturated carbocycles. The van der Waals surface area contributed by atoms with Crippen LogP contribution in [0, 0.1) is 0 Å².